The molecule has 2 aromatic heterocycles. The van der Waals surface area contributed by atoms with Crippen molar-refractivity contribution in [2.45, 2.75) is 44.8 Å². The molecule has 150 valence electrons. The Kier molecular flexibility index (Phi) is 5.61. The van der Waals surface area contributed by atoms with Crippen LogP contribution in [0.4, 0.5) is 19.0 Å². The van der Waals surface area contributed by atoms with Crippen LogP contribution in [-0.2, 0) is 6.18 Å². The van der Waals surface area contributed by atoms with Crippen LogP contribution in [0.2, 0.25) is 0 Å². The zero-order chi connectivity index (χ0) is 20.5. The highest BCUT2D eigenvalue weighted by Crippen LogP contribution is 2.36. The van der Waals surface area contributed by atoms with E-state index in [2.05, 4.69) is 19.8 Å². The first kappa shape index (κ1) is 20.1. The first-order valence-electron chi connectivity index (χ1n) is 9.18. The largest absolute Gasteiger partial charge is 0.419 e. The molecule has 0 unspecified atom stereocenters. The van der Waals surface area contributed by atoms with Gasteiger partial charge in [0.1, 0.15) is 5.82 Å². The average molecular weight is 392 g/mol. The molecule has 0 amide bonds. The third-order valence-electron chi connectivity index (χ3n) is 5.05. The second-order valence-electron chi connectivity index (χ2n) is 7.34. The van der Waals surface area contributed by atoms with Crippen molar-refractivity contribution in [3.8, 4) is 11.3 Å². The number of rotatable bonds is 4. The molecule has 0 spiro atoms. The number of pyridine rings is 1. The van der Waals surface area contributed by atoms with Crippen LogP contribution in [0.1, 0.15) is 49.9 Å². The van der Waals surface area contributed by atoms with Crippen LogP contribution in [-0.4, -0.2) is 39.4 Å². The van der Waals surface area contributed by atoms with E-state index in [1.165, 1.54) is 6.20 Å². The summed E-state index contributed by atoms with van der Waals surface area (Å²) in [6.07, 6.45) is -1.45. The van der Waals surface area contributed by atoms with Gasteiger partial charge in [-0.2, -0.15) is 18.3 Å². The lowest BCUT2D eigenvalue weighted by molar-refractivity contribution is -0.137. The summed E-state index contributed by atoms with van der Waals surface area (Å²) >= 11 is 0. The molecule has 0 aliphatic carbocycles. The van der Waals surface area contributed by atoms with E-state index in [4.69, 9.17) is 12.3 Å². The smallest absolute Gasteiger partial charge is 0.383 e. The van der Waals surface area contributed by atoms with Gasteiger partial charge in [-0.1, -0.05) is 0 Å². The maximum atomic E-state index is 13.2. The Bertz CT molecular complexity index is 873. The Morgan fingerprint density at radius 1 is 1.29 bits per heavy atom. The van der Waals surface area contributed by atoms with Gasteiger partial charge in [0.15, 0.2) is 0 Å². The highest BCUT2D eigenvalue weighted by atomic mass is 19.4. The van der Waals surface area contributed by atoms with Crippen LogP contribution in [0.15, 0.2) is 18.3 Å². The zero-order valence-electron chi connectivity index (χ0n) is 15.9. The minimum absolute atomic E-state index is 0.0776. The fourth-order valence-electron chi connectivity index (χ4n) is 3.58. The molecule has 2 aromatic rings. The molecule has 3 rings (SSSR count). The lowest BCUT2D eigenvalue weighted by Crippen LogP contribution is -2.33. The molecule has 0 radical (unpaired) electrons. The number of alkyl halides is 3. The van der Waals surface area contributed by atoms with Gasteiger partial charge in [-0.05, 0) is 38.8 Å². The van der Waals surface area contributed by atoms with E-state index in [0.29, 0.717) is 17.9 Å². The molecule has 1 saturated heterocycles. The van der Waals surface area contributed by atoms with Crippen molar-refractivity contribution < 1.29 is 13.2 Å². The van der Waals surface area contributed by atoms with Crippen LogP contribution in [0.5, 0.6) is 0 Å². The van der Waals surface area contributed by atoms with Gasteiger partial charge in [0, 0.05) is 42.5 Å². The molecule has 0 aromatic carbocycles. The van der Waals surface area contributed by atoms with Crippen molar-refractivity contribution >= 4 is 5.82 Å². The van der Waals surface area contributed by atoms with Crippen LogP contribution < -0.4 is 5.73 Å². The van der Waals surface area contributed by atoms with Gasteiger partial charge >= 0.3 is 6.18 Å². The van der Waals surface area contributed by atoms with E-state index in [-0.39, 0.29) is 12.0 Å². The molecule has 0 atom stereocenters. The minimum atomic E-state index is -4.56. The van der Waals surface area contributed by atoms with Gasteiger partial charge < -0.3 is 5.73 Å². The molecule has 0 saturated carbocycles. The fourth-order valence-corrected chi connectivity index (χ4v) is 3.58. The quantitative estimate of drug-likeness (QED) is 0.793. The summed E-state index contributed by atoms with van der Waals surface area (Å²) in [7, 11) is 0. The van der Waals surface area contributed by atoms with E-state index in [1.54, 1.807) is 0 Å². The van der Waals surface area contributed by atoms with Crippen molar-refractivity contribution in [3.63, 3.8) is 0 Å². The minimum Gasteiger partial charge on any atom is -0.383 e. The van der Waals surface area contributed by atoms with Crippen LogP contribution in [0, 0.1) is 6.57 Å². The summed E-state index contributed by atoms with van der Waals surface area (Å²) in [6, 6.07) is 2.95. The average Bonchev–Trinajstić information content (AvgIpc) is 3.08. The highest BCUT2D eigenvalue weighted by molar-refractivity contribution is 5.62. The van der Waals surface area contributed by atoms with Crippen molar-refractivity contribution in [1.82, 2.24) is 19.7 Å². The Hall–Kier alpha value is -2.60. The lowest BCUT2D eigenvalue weighted by Gasteiger charge is -2.29. The Morgan fingerprint density at radius 2 is 1.96 bits per heavy atom. The molecule has 1 aliphatic heterocycles. The number of hydrogen-bond donors (Lipinski definition) is 1. The maximum absolute atomic E-state index is 13.2. The highest BCUT2D eigenvalue weighted by Gasteiger charge is 2.34. The molecular weight excluding hydrogens is 369 g/mol. The third-order valence-corrected chi connectivity index (χ3v) is 5.05. The first-order valence-corrected chi connectivity index (χ1v) is 9.18. The Balaban J connectivity index is 1.93. The molecule has 6 nitrogen and oxygen atoms in total. The SMILES string of the molecule is [C-]#[N+]CN1CCC(c2cc(-c3cnc(N)c(C(F)(F)F)c3)nn2C(C)C)CC1. The van der Waals surface area contributed by atoms with Gasteiger partial charge in [0.2, 0.25) is 0 Å². The van der Waals surface area contributed by atoms with E-state index in [1.807, 2.05) is 24.6 Å². The second-order valence-corrected chi connectivity index (χ2v) is 7.34. The molecule has 28 heavy (non-hydrogen) atoms. The van der Waals surface area contributed by atoms with Crippen molar-refractivity contribution in [2.24, 2.45) is 0 Å². The third kappa shape index (κ3) is 4.12. The number of anilines is 1. The summed E-state index contributed by atoms with van der Waals surface area (Å²) in [5.41, 5.74) is 6.24. The number of piperidine rings is 1. The number of hydrogen-bond acceptors (Lipinski definition) is 4. The summed E-state index contributed by atoms with van der Waals surface area (Å²) in [4.78, 5) is 9.26. The summed E-state index contributed by atoms with van der Waals surface area (Å²) in [5.74, 6) is -0.276. The molecule has 3 heterocycles. The molecule has 1 fully saturated rings. The van der Waals surface area contributed by atoms with Gasteiger partial charge in [0.25, 0.3) is 6.67 Å². The Labute approximate surface area is 162 Å². The predicted octanol–water partition coefficient (Wildman–Crippen LogP) is 4.18. The topological polar surface area (TPSA) is 64.3 Å². The monoisotopic (exact) mass is 392 g/mol. The molecule has 9 heteroatoms. The van der Waals surface area contributed by atoms with Gasteiger partial charge in [-0.3, -0.25) is 9.53 Å². The van der Waals surface area contributed by atoms with E-state index in [9.17, 15) is 13.2 Å². The van der Waals surface area contributed by atoms with Gasteiger partial charge in [0.05, 0.1) is 11.3 Å². The maximum Gasteiger partial charge on any atom is 0.419 e. The lowest BCUT2D eigenvalue weighted by atomic mass is 9.93. The van der Waals surface area contributed by atoms with Crippen LogP contribution in [0.3, 0.4) is 0 Å². The standard InChI is InChI=1S/C19H23F3N6/c1-12(2)28-17(13-4-6-27(7-5-13)11-24-3)9-16(26-28)14-8-15(19(20,21)22)18(23)25-10-14/h8-10,12-13H,4-7,11H2,1-2H3,(H2,23,25). The number of aromatic nitrogens is 3. The molecule has 2 N–H and O–H groups in total. The number of nitrogens with two attached hydrogens (primary N) is 1. The number of nitrogens with zero attached hydrogens (tertiary/aromatic N) is 5. The number of halogens is 3. The normalized spacial score (nSPS) is 16.5. The molecular formula is C19H23F3N6. The number of likely N-dealkylation sites (tertiary alicyclic amines) is 1. The van der Waals surface area contributed by atoms with Crippen molar-refractivity contribution in [2.75, 3.05) is 25.5 Å². The van der Waals surface area contributed by atoms with E-state index in [0.717, 1.165) is 37.7 Å². The molecule has 1 aliphatic rings. The summed E-state index contributed by atoms with van der Waals surface area (Å²) in [5, 5.41) is 4.57. The van der Waals surface area contributed by atoms with Crippen molar-refractivity contribution in [3.05, 3.63) is 41.0 Å². The van der Waals surface area contributed by atoms with Crippen LogP contribution in [0.25, 0.3) is 16.1 Å². The van der Waals surface area contributed by atoms with Gasteiger partial charge in [-0.25, -0.2) is 16.5 Å². The first-order chi connectivity index (χ1) is 13.2. The van der Waals surface area contributed by atoms with Crippen molar-refractivity contribution in [1.29, 1.82) is 0 Å². The van der Waals surface area contributed by atoms with Gasteiger partial charge in [-0.15, -0.1) is 0 Å². The predicted molar refractivity (Wildman–Crippen MR) is 100 cm³/mol. The zero-order valence-corrected chi connectivity index (χ0v) is 15.9. The fraction of sp³-hybridized carbons (Fsp3) is 0.526. The summed E-state index contributed by atoms with van der Waals surface area (Å²) in [6.45, 7) is 13.0. The van der Waals surface area contributed by atoms with Crippen LogP contribution >= 0.6 is 0 Å². The summed E-state index contributed by atoms with van der Waals surface area (Å²) < 4.78 is 41.4. The second kappa shape index (κ2) is 7.80. The number of nitrogen functional groups attached to an aromatic ring is 1. The van der Waals surface area contributed by atoms with E-state index >= 15 is 0 Å². The Morgan fingerprint density at radius 3 is 2.54 bits per heavy atom. The molecule has 0 bridgehead atoms. The van der Waals surface area contributed by atoms with E-state index < -0.39 is 17.6 Å².